The highest BCUT2D eigenvalue weighted by molar-refractivity contribution is 5.76. The van der Waals surface area contributed by atoms with Crippen molar-refractivity contribution in [2.24, 2.45) is 29.1 Å². The minimum atomic E-state index is -0.772. The fraction of sp³-hybridized carbons (Fsp3) is 0.947. The molecular formula is C38H68N2O4. The summed E-state index contributed by atoms with van der Waals surface area (Å²) in [6.07, 6.45) is 21.6. The molecule has 0 amide bonds. The summed E-state index contributed by atoms with van der Waals surface area (Å²) in [6.45, 7) is 14.2. The molecule has 2 heterocycles. The summed E-state index contributed by atoms with van der Waals surface area (Å²) >= 11 is 0. The lowest BCUT2D eigenvalue weighted by Crippen LogP contribution is -2.73. The first-order valence-electron chi connectivity index (χ1n) is 18.8. The molecule has 0 bridgehead atoms. The molecule has 0 aromatic heterocycles. The standard InChI is InChI=1S/C38H68N2O4/c1-7-34(5)26-30(28(3)36(39-34)21-15-12-16-22-36)38(33(43)44,25-19-11-9-10-14-20-32(41)42)31-27-35(6,8-2)40-37(29(31)4)23-17-13-18-24-37/h28-31,39-40H,7-27H2,1-6H3,(H,41,42)(H,43,44). The van der Waals surface area contributed by atoms with Gasteiger partial charge in [-0.05, 0) is 102 Å². The maximum Gasteiger partial charge on any atom is 0.310 e. The van der Waals surface area contributed by atoms with Crippen LogP contribution in [-0.2, 0) is 9.59 Å². The van der Waals surface area contributed by atoms with Gasteiger partial charge in [0.25, 0.3) is 0 Å². The minimum Gasteiger partial charge on any atom is -0.481 e. The second-order valence-electron chi connectivity index (χ2n) is 16.7. The lowest BCUT2D eigenvalue weighted by Gasteiger charge is -2.65. The number of carbonyl (C=O) groups is 2. The topological polar surface area (TPSA) is 98.7 Å². The van der Waals surface area contributed by atoms with Crippen LogP contribution in [-0.4, -0.2) is 44.3 Å². The van der Waals surface area contributed by atoms with Crippen molar-refractivity contribution in [3.05, 3.63) is 0 Å². The van der Waals surface area contributed by atoms with Crippen molar-refractivity contribution < 1.29 is 19.8 Å². The molecule has 4 aliphatic rings. The molecule has 6 atom stereocenters. The average Bonchev–Trinajstić information content (AvgIpc) is 2.99. The zero-order valence-corrected chi connectivity index (χ0v) is 29.4. The Labute approximate surface area is 269 Å². The number of carboxylic acids is 2. The van der Waals surface area contributed by atoms with Gasteiger partial charge in [0, 0.05) is 28.6 Å². The van der Waals surface area contributed by atoms with Gasteiger partial charge in [-0.2, -0.15) is 0 Å². The van der Waals surface area contributed by atoms with E-state index < -0.39 is 17.4 Å². The molecule has 2 spiro atoms. The lowest BCUT2D eigenvalue weighted by atomic mass is 9.45. The van der Waals surface area contributed by atoms with Gasteiger partial charge in [0.1, 0.15) is 0 Å². The highest BCUT2D eigenvalue weighted by atomic mass is 16.4. The number of unbranched alkanes of at least 4 members (excludes halogenated alkanes) is 4. The van der Waals surface area contributed by atoms with Crippen molar-refractivity contribution in [3.8, 4) is 0 Å². The number of carboxylic acid groups (broad SMARTS) is 2. The third kappa shape index (κ3) is 7.06. The van der Waals surface area contributed by atoms with E-state index in [1.165, 1.54) is 38.5 Å². The van der Waals surface area contributed by atoms with Crippen molar-refractivity contribution in [3.63, 3.8) is 0 Å². The number of hydrogen-bond acceptors (Lipinski definition) is 4. The molecule has 0 aromatic carbocycles. The molecule has 44 heavy (non-hydrogen) atoms. The van der Waals surface area contributed by atoms with Crippen LogP contribution < -0.4 is 10.6 Å². The van der Waals surface area contributed by atoms with E-state index in [2.05, 4.69) is 52.2 Å². The quantitative estimate of drug-likeness (QED) is 0.154. The highest BCUT2D eigenvalue weighted by Gasteiger charge is 2.65. The highest BCUT2D eigenvalue weighted by Crippen LogP contribution is 2.61. The van der Waals surface area contributed by atoms with E-state index in [4.69, 9.17) is 5.11 Å². The van der Waals surface area contributed by atoms with Gasteiger partial charge >= 0.3 is 11.9 Å². The maximum atomic E-state index is 14.4. The fourth-order valence-corrected chi connectivity index (χ4v) is 11.2. The van der Waals surface area contributed by atoms with Crippen LogP contribution >= 0.6 is 0 Å². The number of rotatable bonds is 13. The van der Waals surface area contributed by atoms with E-state index >= 15 is 0 Å². The molecule has 0 aromatic rings. The Morgan fingerprint density at radius 2 is 1.09 bits per heavy atom. The molecule has 0 radical (unpaired) electrons. The zero-order valence-electron chi connectivity index (χ0n) is 29.4. The molecule has 2 aliphatic heterocycles. The Kier molecular flexibility index (Phi) is 11.6. The first-order chi connectivity index (χ1) is 20.8. The van der Waals surface area contributed by atoms with Crippen molar-refractivity contribution in [2.45, 2.75) is 199 Å². The van der Waals surface area contributed by atoms with Crippen molar-refractivity contribution >= 4 is 11.9 Å². The van der Waals surface area contributed by atoms with Crippen LogP contribution in [0.1, 0.15) is 176 Å². The van der Waals surface area contributed by atoms with Gasteiger partial charge < -0.3 is 20.8 Å². The van der Waals surface area contributed by atoms with Crippen LogP contribution in [0.15, 0.2) is 0 Å². The number of nitrogens with one attached hydrogen (secondary N) is 2. The lowest BCUT2D eigenvalue weighted by molar-refractivity contribution is -0.180. The number of aliphatic carboxylic acids is 2. The minimum absolute atomic E-state index is 0.0240. The second kappa shape index (κ2) is 14.3. The summed E-state index contributed by atoms with van der Waals surface area (Å²) < 4.78 is 0. The van der Waals surface area contributed by atoms with Gasteiger partial charge in [0.05, 0.1) is 5.41 Å². The van der Waals surface area contributed by atoms with E-state index in [1.807, 2.05) is 0 Å². The Morgan fingerprint density at radius 1 is 0.682 bits per heavy atom. The normalized spacial score (nSPS) is 36.6. The van der Waals surface area contributed by atoms with Gasteiger partial charge in [-0.15, -0.1) is 0 Å². The van der Waals surface area contributed by atoms with E-state index in [0.29, 0.717) is 18.3 Å². The molecular weight excluding hydrogens is 548 g/mol. The van der Waals surface area contributed by atoms with Gasteiger partial charge in [0.15, 0.2) is 0 Å². The van der Waals surface area contributed by atoms with Crippen LogP contribution in [0.4, 0.5) is 0 Å². The summed E-state index contributed by atoms with van der Waals surface area (Å²) in [7, 11) is 0. The third-order valence-electron chi connectivity index (χ3n) is 14.1. The Morgan fingerprint density at radius 3 is 1.48 bits per heavy atom. The summed E-state index contributed by atoms with van der Waals surface area (Å²) in [6, 6.07) is 0. The first-order valence-corrected chi connectivity index (χ1v) is 18.8. The summed E-state index contributed by atoms with van der Waals surface area (Å²) in [5.41, 5.74) is -0.837. The molecule has 4 N–H and O–H groups in total. The Hall–Kier alpha value is -1.14. The van der Waals surface area contributed by atoms with Crippen LogP contribution in [0.5, 0.6) is 0 Å². The van der Waals surface area contributed by atoms with E-state index in [0.717, 1.165) is 83.5 Å². The molecule has 4 fully saturated rings. The predicted octanol–water partition coefficient (Wildman–Crippen LogP) is 9.11. The molecule has 2 saturated heterocycles. The fourth-order valence-electron chi connectivity index (χ4n) is 11.2. The molecule has 2 aliphatic carbocycles. The van der Waals surface area contributed by atoms with Crippen LogP contribution in [0, 0.1) is 29.1 Å². The summed E-state index contributed by atoms with van der Waals surface area (Å²) in [4.78, 5) is 25.4. The van der Waals surface area contributed by atoms with E-state index in [1.54, 1.807) is 0 Å². The van der Waals surface area contributed by atoms with Gasteiger partial charge in [-0.3, -0.25) is 9.59 Å². The SMILES string of the molecule is CCC1(C)CC(C(CCCCCCCC(=O)O)(C(=O)O)C2CC(C)(CC)NC3(CCCCC3)C2C)C(C)C2(CCCCC2)N1. The summed E-state index contributed by atoms with van der Waals surface area (Å²) in [5, 5.41) is 29.4. The summed E-state index contributed by atoms with van der Waals surface area (Å²) in [5.74, 6) is -0.374. The van der Waals surface area contributed by atoms with Crippen LogP contribution in [0.25, 0.3) is 0 Å². The zero-order chi connectivity index (χ0) is 32.2. The molecule has 254 valence electrons. The first kappa shape index (κ1) is 35.7. The van der Waals surface area contributed by atoms with E-state index in [9.17, 15) is 14.7 Å². The van der Waals surface area contributed by atoms with E-state index in [-0.39, 0.29) is 40.4 Å². The largest absolute Gasteiger partial charge is 0.481 e. The molecule has 6 nitrogen and oxygen atoms in total. The molecule has 4 rings (SSSR count). The third-order valence-corrected chi connectivity index (χ3v) is 14.1. The van der Waals surface area contributed by atoms with Gasteiger partial charge in [-0.25, -0.2) is 0 Å². The van der Waals surface area contributed by atoms with Crippen LogP contribution in [0.2, 0.25) is 0 Å². The number of piperidine rings is 2. The average molecular weight is 617 g/mol. The molecule has 6 unspecified atom stereocenters. The Bertz CT molecular complexity index is 916. The predicted molar refractivity (Wildman–Crippen MR) is 180 cm³/mol. The van der Waals surface area contributed by atoms with Crippen LogP contribution in [0.3, 0.4) is 0 Å². The Balaban J connectivity index is 1.78. The smallest absolute Gasteiger partial charge is 0.310 e. The van der Waals surface area contributed by atoms with Crippen molar-refractivity contribution in [1.82, 2.24) is 10.6 Å². The molecule has 2 saturated carbocycles. The number of hydrogen-bond donors (Lipinski definition) is 4. The maximum absolute atomic E-state index is 14.4. The van der Waals surface area contributed by atoms with Gasteiger partial charge in [-0.1, -0.05) is 91.9 Å². The van der Waals surface area contributed by atoms with Gasteiger partial charge in [0.2, 0.25) is 0 Å². The van der Waals surface area contributed by atoms with Crippen molar-refractivity contribution in [1.29, 1.82) is 0 Å². The molecule has 6 heteroatoms. The van der Waals surface area contributed by atoms with Crippen molar-refractivity contribution in [2.75, 3.05) is 0 Å². The monoisotopic (exact) mass is 617 g/mol. The second-order valence-corrected chi connectivity index (χ2v) is 16.7.